The van der Waals surface area contributed by atoms with Gasteiger partial charge in [0.05, 0.1) is 12.0 Å². The van der Waals surface area contributed by atoms with Gasteiger partial charge in [-0.3, -0.25) is 0 Å². The summed E-state index contributed by atoms with van der Waals surface area (Å²) in [6.07, 6.45) is 1.58. The number of esters is 1. The Kier molecular flexibility index (Phi) is 7.66. The van der Waals surface area contributed by atoms with Gasteiger partial charge < -0.3 is 15.8 Å². The van der Waals surface area contributed by atoms with Crippen LogP contribution in [0.2, 0.25) is 0 Å². The van der Waals surface area contributed by atoms with Crippen molar-refractivity contribution in [3.8, 4) is 0 Å². The van der Waals surface area contributed by atoms with E-state index in [4.69, 9.17) is 5.73 Å². The average Bonchev–Trinajstić information content (AvgIpc) is 2.53. The van der Waals surface area contributed by atoms with Crippen molar-refractivity contribution in [3.05, 3.63) is 29.8 Å². The molecule has 0 aromatic heterocycles. The average molecular weight is 357 g/mol. The van der Waals surface area contributed by atoms with Crippen molar-refractivity contribution in [3.63, 3.8) is 0 Å². The van der Waals surface area contributed by atoms with Gasteiger partial charge in [0.2, 0.25) is 0 Å². The Balaban J connectivity index is 2.77. The van der Waals surface area contributed by atoms with Gasteiger partial charge in [-0.1, -0.05) is 18.2 Å². The number of nitrogens with two attached hydrogens (primary N) is 1. The number of urea groups is 1. The van der Waals surface area contributed by atoms with Gasteiger partial charge >= 0.3 is 12.0 Å². The zero-order valence-corrected chi connectivity index (χ0v) is 14.6. The molecule has 9 heteroatoms. The molecule has 24 heavy (non-hydrogen) atoms. The molecule has 0 fully saturated rings. The lowest BCUT2D eigenvalue weighted by molar-refractivity contribution is -0.143. The summed E-state index contributed by atoms with van der Waals surface area (Å²) < 4.78 is 31.0. The number of carbonyl (C=O) groups excluding carboxylic acids is 2. The number of methoxy groups -OCH3 is 1. The fourth-order valence-electron chi connectivity index (χ4n) is 2.11. The van der Waals surface area contributed by atoms with Crippen molar-refractivity contribution >= 4 is 22.0 Å². The van der Waals surface area contributed by atoms with Crippen LogP contribution >= 0.6 is 0 Å². The van der Waals surface area contributed by atoms with Crippen molar-refractivity contribution < 1.29 is 22.7 Å². The van der Waals surface area contributed by atoms with Crippen molar-refractivity contribution in [2.75, 3.05) is 13.7 Å². The predicted octanol–water partition coefficient (Wildman–Crippen LogP) is 0.654. The molecule has 134 valence electrons. The van der Waals surface area contributed by atoms with Gasteiger partial charge in [-0.05, 0) is 44.4 Å². The normalized spacial score (nSPS) is 12.3. The molecule has 0 heterocycles. The number of hydrogen-bond acceptors (Lipinski definition) is 6. The summed E-state index contributed by atoms with van der Waals surface area (Å²) in [6.45, 7) is 2.08. The molecule has 1 rings (SSSR count). The number of nitrogens with one attached hydrogen (secondary N) is 2. The van der Waals surface area contributed by atoms with Crippen LogP contribution < -0.4 is 15.8 Å². The van der Waals surface area contributed by atoms with Crippen LogP contribution in [0.5, 0.6) is 0 Å². The summed E-state index contributed by atoms with van der Waals surface area (Å²) >= 11 is 0. The molecule has 0 radical (unpaired) electrons. The summed E-state index contributed by atoms with van der Waals surface area (Å²) in [4.78, 5) is 23.7. The molecular weight excluding hydrogens is 334 g/mol. The fraction of sp³-hybridized carbons (Fsp3) is 0.467. The number of unbranched alkanes of at least 4 members (excludes halogenated alkanes) is 1. The molecule has 0 aliphatic rings. The fourth-order valence-corrected chi connectivity index (χ4v) is 3.27. The summed E-state index contributed by atoms with van der Waals surface area (Å²) in [5.74, 6) is -0.643. The quantitative estimate of drug-likeness (QED) is 0.463. The van der Waals surface area contributed by atoms with E-state index >= 15 is 0 Å². The van der Waals surface area contributed by atoms with Crippen LogP contribution in [0.15, 0.2) is 29.2 Å². The molecule has 1 aromatic carbocycles. The van der Waals surface area contributed by atoms with E-state index in [9.17, 15) is 18.0 Å². The van der Waals surface area contributed by atoms with E-state index in [1.165, 1.54) is 13.2 Å². The number of rotatable bonds is 8. The molecular formula is C15H23N3O5S. The van der Waals surface area contributed by atoms with Crippen LogP contribution in [-0.4, -0.2) is 40.1 Å². The Morgan fingerprint density at radius 2 is 1.92 bits per heavy atom. The van der Waals surface area contributed by atoms with Crippen molar-refractivity contribution in [2.45, 2.75) is 37.1 Å². The van der Waals surface area contributed by atoms with Gasteiger partial charge in [-0.25, -0.2) is 22.7 Å². The van der Waals surface area contributed by atoms with Crippen LogP contribution in [0.1, 0.15) is 24.8 Å². The van der Waals surface area contributed by atoms with E-state index in [-0.39, 0.29) is 4.90 Å². The number of carbonyl (C=O) groups is 2. The van der Waals surface area contributed by atoms with E-state index in [0.717, 1.165) is 0 Å². The maximum absolute atomic E-state index is 12.2. The van der Waals surface area contributed by atoms with Crippen LogP contribution in [-0.2, 0) is 19.6 Å². The lowest BCUT2D eigenvalue weighted by atomic mass is 10.1. The van der Waals surface area contributed by atoms with E-state index in [1.807, 2.05) is 4.72 Å². The maximum Gasteiger partial charge on any atom is 0.329 e. The van der Waals surface area contributed by atoms with E-state index in [1.54, 1.807) is 25.1 Å². The first-order valence-electron chi connectivity index (χ1n) is 7.48. The standard InChI is InChI=1S/C15H23N3O5S/c1-11-7-3-4-9-13(11)24(21,22)18-15(20)17-12(14(19)23-2)8-5-6-10-16/h3-4,7,9,12H,5-6,8,10,16H2,1-2H3,(H2,17,18,20). The smallest absolute Gasteiger partial charge is 0.329 e. The first kappa shape index (κ1) is 19.9. The minimum Gasteiger partial charge on any atom is -0.467 e. The van der Waals surface area contributed by atoms with Gasteiger partial charge in [-0.2, -0.15) is 0 Å². The van der Waals surface area contributed by atoms with Gasteiger partial charge in [0, 0.05) is 0 Å². The zero-order valence-electron chi connectivity index (χ0n) is 13.7. The van der Waals surface area contributed by atoms with Crippen LogP contribution in [0.25, 0.3) is 0 Å². The number of hydrogen-bond donors (Lipinski definition) is 3. The molecule has 2 amide bonds. The molecule has 0 saturated carbocycles. The number of ether oxygens (including phenoxy) is 1. The Hall–Kier alpha value is -2.13. The van der Waals surface area contributed by atoms with E-state index < -0.39 is 28.1 Å². The Morgan fingerprint density at radius 3 is 2.50 bits per heavy atom. The highest BCUT2D eigenvalue weighted by atomic mass is 32.2. The molecule has 0 aliphatic heterocycles. The van der Waals surface area contributed by atoms with Crippen LogP contribution in [0, 0.1) is 6.92 Å². The molecule has 0 saturated heterocycles. The number of sulfonamides is 1. The van der Waals surface area contributed by atoms with Crippen LogP contribution in [0.3, 0.4) is 0 Å². The summed E-state index contributed by atoms with van der Waals surface area (Å²) in [5.41, 5.74) is 5.90. The molecule has 0 bridgehead atoms. The largest absolute Gasteiger partial charge is 0.467 e. The molecule has 0 spiro atoms. The number of amides is 2. The van der Waals surface area contributed by atoms with Gasteiger partial charge in [0.15, 0.2) is 0 Å². The third-order valence-electron chi connectivity index (χ3n) is 3.35. The molecule has 4 N–H and O–H groups in total. The molecule has 8 nitrogen and oxygen atoms in total. The molecule has 1 atom stereocenters. The molecule has 1 aromatic rings. The van der Waals surface area contributed by atoms with Crippen molar-refractivity contribution in [1.29, 1.82) is 0 Å². The van der Waals surface area contributed by atoms with Gasteiger partial charge in [-0.15, -0.1) is 0 Å². The minimum absolute atomic E-state index is 0.00194. The Morgan fingerprint density at radius 1 is 1.25 bits per heavy atom. The lowest BCUT2D eigenvalue weighted by Crippen LogP contribution is -2.48. The highest BCUT2D eigenvalue weighted by Gasteiger charge is 2.24. The van der Waals surface area contributed by atoms with E-state index in [2.05, 4.69) is 10.1 Å². The SMILES string of the molecule is COC(=O)C(CCCCN)NC(=O)NS(=O)(=O)c1ccccc1C. The van der Waals surface area contributed by atoms with Crippen LogP contribution in [0.4, 0.5) is 4.79 Å². The first-order valence-corrected chi connectivity index (χ1v) is 8.97. The predicted molar refractivity (Wildman–Crippen MR) is 88.7 cm³/mol. The Bertz CT molecular complexity index is 675. The highest BCUT2D eigenvalue weighted by molar-refractivity contribution is 7.90. The second-order valence-corrected chi connectivity index (χ2v) is 6.86. The second-order valence-electron chi connectivity index (χ2n) is 5.20. The summed E-state index contributed by atoms with van der Waals surface area (Å²) in [6, 6.07) is 4.35. The third kappa shape index (κ3) is 5.82. The van der Waals surface area contributed by atoms with Crippen molar-refractivity contribution in [1.82, 2.24) is 10.0 Å². The first-order chi connectivity index (χ1) is 11.3. The minimum atomic E-state index is -4.03. The summed E-state index contributed by atoms with van der Waals surface area (Å²) in [5, 5.41) is 2.33. The highest BCUT2D eigenvalue weighted by Crippen LogP contribution is 2.13. The maximum atomic E-state index is 12.2. The zero-order chi connectivity index (χ0) is 18.2. The number of benzene rings is 1. The molecule has 1 unspecified atom stereocenters. The Labute approximate surface area is 141 Å². The second kappa shape index (κ2) is 9.24. The van der Waals surface area contributed by atoms with Gasteiger partial charge in [0.25, 0.3) is 10.0 Å². The monoisotopic (exact) mass is 357 g/mol. The lowest BCUT2D eigenvalue weighted by Gasteiger charge is -2.17. The number of aryl methyl sites for hydroxylation is 1. The van der Waals surface area contributed by atoms with E-state index in [0.29, 0.717) is 31.4 Å². The topological polar surface area (TPSA) is 128 Å². The van der Waals surface area contributed by atoms with Crippen molar-refractivity contribution in [2.24, 2.45) is 5.73 Å². The third-order valence-corrected chi connectivity index (χ3v) is 4.84. The van der Waals surface area contributed by atoms with Gasteiger partial charge in [0.1, 0.15) is 6.04 Å². The molecule has 0 aliphatic carbocycles. The summed E-state index contributed by atoms with van der Waals surface area (Å²) in [7, 11) is -2.83.